The van der Waals surface area contributed by atoms with E-state index in [0.717, 1.165) is 29.0 Å². The SMILES string of the molecule is Cc1cccc(C(=O)ON=C2CCSc3ccc(C)cc32)c1. The van der Waals surface area contributed by atoms with Gasteiger partial charge in [0, 0.05) is 22.6 Å². The molecule has 1 heterocycles. The Kier molecular flexibility index (Phi) is 4.29. The van der Waals surface area contributed by atoms with Gasteiger partial charge in [0.2, 0.25) is 0 Å². The normalized spacial score (nSPS) is 15.5. The fraction of sp³-hybridized carbons (Fsp3) is 0.222. The van der Waals surface area contributed by atoms with Crippen molar-refractivity contribution in [2.24, 2.45) is 5.16 Å². The lowest BCUT2D eigenvalue weighted by Crippen LogP contribution is -2.12. The maximum atomic E-state index is 12.1. The minimum absolute atomic E-state index is 0.413. The fourth-order valence-electron chi connectivity index (χ4n) is 2.40. The first-order valence-corrected chi connectivity index (χ1v) is 8.21. The van der Waals surface area contributed by atoms with Crippen LogP contribution in [0.1, 0.15) is 33.5 Å². The van der Waals surface area contributed by atoms with Gasteiger partial charge in [-0.25, -0.2) is 4.79 Å². The Balaban J connectivity index is 1.82. The van der Waals surface area contributed by atoms with Gasteiger partial charge in [-0.2, -0.15) is 0 Å². The van der Waals surface area contributed by atoms with E-state index in [9.17, 15) is 4.79 Å². The lowest BCUT2D eigenvalue weighted by atomic mass is 10.1. The number of nitrogens with zero attached hydrogens (tertiary/aromatic N) is 1. The van der Waals surface area contributed by atoms with E-state index in [2.05, 4.69) is 30.3 Å². The van der Waals surface area contributed by atoms with Crippen LogP contribution in [0.4, 0.5) is 0 Å². The van der Waals surface area contributed by atoms with E-state index in [1.54, 1.807) is 12.1 Å². The Morgan fingerprint density at radius 1 is 1.14 bits per heavy atom. The largest absolute Gasteiger partial charge is 0.365 e. The number of oxime groups is 1. The van der Waals surface area contributed by atoms with Gasteiger partial charge in [-0.05, 0) is 38.1 Å². The van der Waals surface area contributed by atoms with Crippen LogP contribution in [0.2, 0.25) is 0 Å². The van der Waals surface area contributed by atoms with Crippen molar-refractivity contribution >= 4 is 23.4 Å². The minimum atomic E-state index is -0.413. The molecule has 1 aliphatic rings. The summed E-state index contributed by atoms with van der Waals surface area (Å²) in [7, 11) is 0. The van der Waals surface area contributed by atoms with Crippen molar-refractivity contribution in [2.45, 2.75) is 25.2 Å². The average Bonchev–Trinajstić information content (AvgIpc) is 2.52. The van der Waals surface area contributed by atoms with Crippen molar-refractivity contribution in [1.82, 2.24) is 0 Å². The zero-order valence-electron chi connectivity index (χ0n) is 12.6. The first kappa shape index (κ1) is 14.9. The predicted octanol–water partition coefficient (Wildman–Crippen LogP) is 4.36. The molecular weight excluding hydrogens is 294 g/mol. The smallest absolute Gasteiger partial charge is 0.313 e. The molecule has 0 bridgehead atoms. The molecule has 22 heavy (non-hydrogen) atoms. The molecule has 0 amide bonds. The highest BCUT2D eigenvalue weighted by Gasteiger charge is 2.17. The van der Waals surface area contributed by atoms with Crippen molar-refractivity contribution in [3.05, 3.63) is 64.7 Å². The van der Waals surface area contributed by atoms with Crippen LogP contribution in [0.15, 0.2) is 52.5 Å². The maximum Gasteiger partial charge on any atom is 0.365 e. The zero-order chi connectivity index (χ0) is 15.5. The molecule has 0 saturated heterocycles. The lowest BCUT2D eigenvalue weighted by molar-refractivity contribution is 0.0515. The van der Waals surface area contributed by atoms with Crippen LogP contribution in [0.25, 0.3) is 0 Å². The molecule has 0 N–H and O–H groups in total. The molecule has 2 aromatic carbocycles. The van der Waals surface area contributed by atoms with E-state index in [-0.39, 0.29) is 0 Å². The number of fused-ring (bicyclic) bond motifs is 1. The molecule has 3 nitrogen and oxygen atoms in total. The molecule has 0 saturated carbocycles. The van der Waals surface area contributed by atoms with E-state index in [1.165, 1.54) is 10.5 Å². The van der Waals surface area contributed by atoms with Crippen molar-refractivity contribution < 1.29 is 9.63 Å². The Labute approximate surface area is 134 Å². The third kappa shape index (κ3) is 3.22. The molecule has 0 spiro atoms. The topological polar surface area (TPSA) is 38.7 Å². The van der Waals surface area contributed by atoms with Gasteiger partial charge in [0.05, 0.1) is 11.3 Å². The van der Waals surface area contributed by atoms with Gasteiger partial charge >= 0.3 is 5.97 Å². The molecule has 0 atom stereocenters. The molecule has 0 aliphatic carbocycles. The maximum absolute atomic E-state index is 12.1. The van der Waals surface area contributed by atoms with E-state index < -0.39 is 5.97 Å². The molecule has 1 aliphatic heterocycles. The highest BCUT2D eigenvalue weighted by atomic mass is 32.2. The monoisotopic (exact) mass is 311 g/mol. The Morgan fingerprint density at radius 2 is 1.95 bits per heavy atom. The van der Waals surface area contributed by atoms with Gasteiger partial charge in [0.15, 0.2) is 0 Å². The number of carbonyl (C=O) groups excluding carboxylic acids is 1. The highest BCUT2D eigenvalue weighted by Crippen LogP contribution is 2.31. The van der Waals surface area contributed by atoms with Crippen LogP contribution in [0.3, 0.4) is 0 Å². The predicted molar refractivity (Wildman–Crippen MR) is 89.7 cm³/mol. The summed E-state index contributed by atoms with van der Waals surface area (Å²) in [6, 6.07) is 13.6. The first-order valence-electron chi connectivity index (χ1n) is 7.22. The Bertz CT molecular complexity index is 753. The Hall–Kier alpha value is -2.07. The fourth-order valence-corrected chi connectivity index (χ4v) is 3.42. The molecule has 112 valence electrons. The quantitative estimate of drug-likeness (QED) is 0.611. The van der Waals surface area contributed by atoms with Crippen LogP contribution in [0.5, 0.6) is 0 Å². The van der Waals surface area contributed by atoms with Crippen molar-refractivity contribution in [1.29, 1.82) is 0 Å². The molecule has 0 aromatic heterocycles. The van der Waals surface area contributed by atoms with Gasteiger partial charge in [-0.3, -0.25) is 0 Å². The summed E-state index contributed by atoms with van der Waals surface area (Å²) < 4.78 is 0. The highest BCUT2D eigenvalue weighted by molar-refractivity contribution is 7.99. The average molecular weight is 311 g/mol. The van der Waals surface area contributed by atoms with Crippen molar-refractivity contribution in [3.8, 4) is 0 Å². The molecule has 0 fully saturated rings. The van der Waals surface area contributed by atoms with Crippen LogP contribution in [0, 0.1) is 13.8 Å². The van der Waals surface area contributed by atoms with E-state index in [0.29, 0.717) is 5.56 Å². The van der Waals surface area contributed by atoms with E-state index in [4.69, 9.17) is 4.84 Å². The van der Waals surface area contributed by atoms with Gasteiger partial charge in [0.1, 0.15) is 0 Å². The third-order valence-corrected chi connectivity index (χ3v) is 4.61. The lowest BCUT2D eigenvalue weighted by Gasteiger charge is -2.17. The van der Waals surface area contributed by atoms with Gasteiger partial charge < -0.3 is 4.84 Å². The number of thioether (sulfide) groups is 1. The number of hydrogen-bond donors (Lipinski definition) is 0. The first-order chi connectivity index (χ1) is 10.6. The second-order valence-corrected chi connectivity index (χ2v) is 6.52. The second kappa shape index (κ2) is 6.36. The van der Waals surface area contributed by atoms with Crippen molar-refractivity contribution in [2.75, 3.05) is 5.75 Å². The Morgan fingerprint density at radius 3 is 2.77 bits per heavy atom. The molecule has 2 aromatic rings. The van der Waals surface area contributed by atoms with Crippen LogP contribution in [-0.4, -0.2) is 17.4 Å². The molecule has 3 rings (SSSR count). The van der Waals surface area contributed by atoms with Gasteiger partial charge in [0.25, 0.3) is 0 Å². The van der Waals surface area contributed by atoms with Crippen LogP contribution in [-0.2, 0) is 4.84 Å². The van der Waals surface area contributed by atoms with E-state index >= 15 is 0 Å². The van der Waals surface area contributed by atoms with Crippen molar-refractivity contribution in [3.63, 3.8) is 0 Å². The minimum Gasteiger partial charge on any atom is -0.313 e. The summed E-state index contributed by atoms with van der Waals surface area (Å²) in [5.74, 6) is 0.542. The summed E-state index contributed by atoms with van der Waals surface area (Å²) in [5, 5.41) is 4.13. The van der Waals surface area contributed by atoms with Gasteiger partial charge in [-0.15, -0.1) is 11.8 Å². The molecular formula is C18H17NO2S. The second-order valence-electron chi connectivity index (χ2n) is 5.38. The number of rotatable bonds is 2. The number of carbonyl (C=O) groups is 1. The van der Waals surface area contributed by atoms with Crippen LogP contribution >= 0.6 is 11.8 Å². The van der Waals surface area contributed by atoms with Crippen LogP contribution < -0.4 is 0 Å². The van der Waals surface area contributed by atoms with E-state index in [1.807, 2.05) is 30.8 Å². The summed E-state index contributed by atoms with van der Waals surface area (Å²) >= 11 is 1.81. The molecule has 0 unspecified atom stereocenters. The standard InChI is InChI=1S/C18H17NO2S/c1-12-4-3-5-14(10-12)18(20)21-19-16-8-9-22-17-7-6-13(2)11-15(16)17/h3-7,10-11H,8-9H2,1-2H3. The third-order valence-electron chi connectivity index (χ3n) is 3.53. The van der Waals surface area contributed by atoms with Gasteiger partial charge in [-0.1, -0.05) is 34.5 Å². The number of aryl methyl sites for hydroxylation is 2. The summed E-state index contributed by atoms with van der Waals surface area (Å²) in [5.41, 5.74) is 4.65. The summed E-state index contributed by atoms with van der Waals surface area (Å²) in [4.78, 5) is 18.4. The summed E-state index contributed by atoms with van der Waals surface area (Å²) in [6.45, 7) is 4.00. The number of hydrogen-bond acceptors (Lipinski definition) is 4. The molecule has 4 heteroatoms. The molecule has 0 radical (unpaired) electrons. The summed E-state index contributed by atoms with van der Waals surface area (Å²) in [6.07, 6.45) is 0.808. The number of benzene rings is 2. The zero-order valence-corrected chi connectivity index (χ0v) is 13.4.